The van der Waals surface area contributed by atoms with Crippen LogP contribution in [0.5, 0.6) is 11.5 Å². The van der Waals surface area contributed by atoms with Gasteiger partial charge in [0, 0.05) is 11.6 Å². The first-order valence-electron chi connectivity index (χ1n) is 9.07. The van der Waals surface area contributed by atoms with E-state index in [1.54, 1.807) is 0 Å². The van der Waals surface area contributed by atoms with Gasteiger partial charge in [0.1, 0.15) is 23.0 Å². The van der Waals surface area contributed by atoms with Gasteiger partial charge in [-0.2, -0.15) is 0 Å². The van der Waals surface area contributed by atoms with Crippen LogP contribution >= 0.6 is 0 Å². The number of aryl methyl sites for hydroxylation is 1. The van der Waals surface area contributed by atoms with E-state index in [9.17, 15) is 13.2 Å². The Morgan fingerprint density at radius 1 is 1.14 bits per heavy atom. The van der Waals surface area contributed by atoms with Crippen LogP contribution in [-0.4, -0.2) is 40.6 Å². The monoisotopic (exact) mass is 404 g/mol. The van der Waals surface area contributed by atoms with Crippen molar-refractivity contribution in [3.8, 4) is 11.5 Å². The lowest BCUT2D eigenvalue weighted by molar-refractivity contribution is 0.0946. The summed E-state index contributed by atoms with van der Waals surface area (Å²) < 4.78 is 38.4. The number of nitrogens with one attached hydrogen (secondary N) is 2. The molecule has 150 valence electrons. The maximum atomic E-state index is 12.5. The van der Waals surface area contributed by atoms with Crippen LogP contribution in [0.25, 0.3) is 0 Å². The van der Waals surface area contributed by atoms with Crippen LogP contribution in [0.1, 0.15) is 28.8 Å². The molecule has 0 atom stereocenters. The van der Waals surface area contributed by atoms with E-state index in [-0.39, 0.29) is 28.2 Å². The summed E-state index contributed by atoms with van der Waals surface area (Å²) in [5.41, 5.74) is 1.38. The molecule has 1 aliphatic rings. The quantitative estimate of drug-likeness (QED) is 0.625. The van der Waals surface area contributed by atoms with E-state index in [1.807, 2.05) is 31.2 Å². The lowest BCUT2D eigenvalue weighted by Crippen LogP contribution is -2.29. The number of methoxy groups -OCH3 is 1. The molecule has 2 N–H and O–H groups in total. The maximum Gasteiger partial charge on any atom is 0.251 e. The Balaban J connectivity index is 1.61. The molecule has 8 heteroatoms. The fourth-order valence-electron chi connectivity index (χ4n) is 2.58. The summed E-state index contributed by atoms with van der Waals surface area (Å²) in [5, 5.41) is 2.73. The molecule has 0 aromatic heterocycles. The standard InChI is InChI=1S/C20H24N2O5S/c1-14-3-8-17(9-4-14)27-12-11-21-20(23)15-5-10-18(26-2)19(13-15)28(24,25)22-16-6-7-16/h3-5,8-10,13,16,22H,6-7,11-12H2,1-2H3,(H,21,23). The van der Waals surface area contributed by atoms with Gasteiger partial charge in [-0.05, 0) is 50.1 Å². The van der Waals surface area contributed by atoms with Crippen molar-refractivity contribution in [3.05, 3.63) is 53.6 Å². The summed E-state index contributed by atoms with van der Waals surface area (Å²) in [6, 6.07) is 11.9. The van der Waals surface area contributed by atoms with Crippen LogP contribution in [0.2, 0.25) is 0 Å². The van der Waals surface area contributed by atoms with Crippen molar-refractivity contribution < 1.29 is 22.7 Å². The molecule has 0 aliphatic heterocycles. The second-order valence-electron chi connectivity index (χ2n) is 6.68. The highest BCUT2D eigenvalue weighted by Crippen LogP contribution is 2.28. The zero-order chi connectivity index (χ0) is 20.1. The van der Waals surface area contributed by atoms with Gasteiger partial charge in [0.25, 0.3) is 5.91 Å². The van der Waals surface area contributed by atoms with Gasteiger partial charge in [0.15, 0.2) is 0 Å². The molecule has 3 rings (SSSR count). The molecule has 2 aromatic carbocycles. The van der Waals surface area contributed by atoms with Gasteiger partial charge in [0.05, 0.1) is 13.7 Å². The van der Waals surface area contributed by atoms with E-state index >= 15 is 0 Å². The maximum absolute atomic E-state index is 12.5. The van der Waals surface area contributed by atoms with E-state index in [4.69, 9.17) is 9.47 Å². The van der Waals surface area contributed by atoms with Crippen LogP contribution in [0.4, 0.5) is 0 Å². The molecule has 2 aromatic rings. The number of hydrogen-bond donors (Lipinski definition) is 2. The average Bonchev–Trinajstić information content (AvgIpc) is 3.49. The Hall–Kier alpha value is -2.58. The first kappa shape index (κ1) is 20.2. The van der Waals surface area contributed by atoms with Crippen LogP contribution in [0.15, 0.2) is 47.4 Å². The van der Waals surface area contributed by atoms with Crippen molar-refractivity contribution in [3.63, 3.8) is 0 Å². The van der Waals surface area contributed by atoms with Gasteiger partial charge in [-0.3, -0.25) is 4.79 Å². The second kappa shape index (κ2) is 8.62. The summed E-state index contributed by atoms with van der Waals surface area (Å²) in [5.74, 6) is 0.550. The predicted octanol–water partition coefficient (Wildman–Crippen LogP) is 2.25. The summed E-state index contributed by atoms with van der Waals surface area (Å²) >= 11 is 0. The number of sulfonamides is 1. The normalized spacial score (nSPS) is 13.8. The number of rotatable bonds is 9. The Morgan fingerprint density at radius 2 is 1.86 bits per heavy atom. The van der Waals surface area contributed by atoms with E-state index in [1.165, 1.54) is 25.3 Å². The first-order chi connectivity index (χ1) is 13.4. The SMILES string of the molecule is COc1ccc(C(=O)NCCOc2ccc(C)cc2)cc1S(=O)(=O)NC1CC1. The molecular formula is C20H24N2O5S. The predicted molar refractivity (Wildman–Crippen MR) is 105 cm³/mol. The van der Waals surface area contributed by atoms with E-state index in [0.717, 1.165) is 24.2 Å². The Morgan fingerprint density at radius 3 is 2.50 bits per heavy atom. The first-order valence-corrected chi connectivity index (χ1v) is 10.6. The molecule has 1 aliphatic carbocycles. The van der Waals surface area contributed by atoms with Crippen molar-refractivity contribution in [1.29, 1.82) is 0 Å². The molecule has 1 saturated carbocycles. The van der Waals surface area contributed by atoms with Crippen LogP contribution in [0.3, 0.4) is 0 Å². The number of hydrogen-bond acceptors (Lipinski definition) is 5. The van der Waals surface area contributed by atoms with Crippen molar-refractivity contribution in [2.45, 2.75) is 30.7 Å². The van der Waals surface area contributed by atoms with Crippen molar-refractivity contribution in [1.82, 2.24) is 10.0 Å². The van der Waals surface area contributed by atoms with E-state index in [0.29, 0.717) is 13.2 Å². The van der Waals surface area contributed by atoms with Gasteiger partial charge in [0.2, 0.25) is 10.0 Å². The third-order valence-electron chi connectivity index (χ3n) is 4.29. The molecule has 28 heavy (non-hydrogen) atoms. The minimum Gasteiger partial charge on any atom is -0.495 e. The van der Waals surface area contributed by atoms with Crippen molar-refractivity contribution >= 4 is 15.9 Å². The highest BCUT2D eigenvalue weighted by molar-refractivity contribution is 7.89. The topological polar surface area (TPSA) is 93.7 Å². The van der Waals surface area contributed by atoms with Crippen LogP contribution < -0.4 is 19.5 Å². The van der Waals surface area contributed by atoms with Gasteiger partial charge >= 0.3 is 0 Å². The highest BCUT2D eigenvalue weighted by atomic mass is 32.2. The fraction of sp³-hybridized carbons (Fsp3) is 0.350. The average molecular weight is 404 g/mol. The summed E-state index contributed by atoms with van der Waals surface area (Å²) in [6.07, 6.45) is 1.64. The second-order valence-corrected chi connectivity index (χ2v) is 8.36. The Labute approximate surface area is 165 Å². The van der Waals surface area contributed by atoms with Gasteiger partial charge < -0.3 is 14.8 Å². The highest BCUT2D eigenvalue weighted by Gasteiger charge is 2.30. The number of carbonyl (C=O) groups is 1. The molecule has 1 fully saturated rings. The lowest BCUT2D eigenvalue weighted by atomic mass is 10.2. The molecule has 0 spiro atoms. The fourth-order valence-corrected chi connectivity index (χ4v) is 4.08. The number of carbonyl (C=O) groups excluding carboxylic acids is 1. The summed E-state index contributed by atoms with van der Waals surface area (Å²) in [6.45, 7) is 2.59. The molecule has 0 radical (unpaired) electrons. The molecular weight excluding hydrogens is 380 g/mol. The van der Waals surface area contributed by atoms with E-state index in [2.05, 4.69) is 10.0 Å². The number of benzene rings is 2. The molecule has 0 bridgehead atoms. The number of amides is 1. The van der Waals surface area contributed by atoms with Crippen molar-refractivity contribution in [2.75, 3.05) is 20.3 Å². The zero-order valence-corrected chi connectivity index (χ0v) is 16.7. The third-order valence-corrected chi connectivity index (χ3v) is 5.83. The zero-order valence-electron chi connectivity index (χ0n) is 15.9. The Bertz CT molecular complexity index is 938. The van der Waals surface area contributed by atoms with Crippen molar-refractivity contribution in [2.24, 2.45) is 0 Å². The minimum absolute atomic E-state index is 0.0360. The van der Waals surface area contributed by atoms with Crippen LogP contribution in [0, 0.1) is 6.92 Å². The van der Waals surface area contributed by atoms with Crippen LogP contribution in [-0.2, 0) is 10.0 Å². The minimum atomic E-state index is -3.74. The summed E-state index contributed by atoms with van der Waals surface area (Å²) in [7, 11) is -2.34. The molecule has 7 nitrogen and oxygen atoms in total. The molecule has 0 heterocycles. The molecule has 0 saturated heterocycles. The van der Waals surface area contributed by atoms with Gasteiger partial charge in [-0.15, -0.1) is 0 Å². The Kier molecular flexibility index (Phi) is 6.21. The smallest absolute Gasteiger partial charge is 0.251 e. The lowest BCUT2D eigenvalue weighted by Gasteiger charge is -2.12. The molecule has 0 unspecified atom stereocenters. The van der Waals surface area contributed by atoms with Gasteiger partial charge in [-0.1, -0.05) is 17.7 Å². The third kappa shape index (κ3) is 5.24. The molecule has 1 amide bonds. The van der Waals surface area contributed by atoms with E-state index < -0.39 is 10.0 Å². The summed E-state index contributed by atoms with van der Waals surface area (Å²) in [4.78, 5) is 12.4. The van der Waals surface area contributed by atoms with Gasteiger partial charge in [-0.25, -0.2) is 13.1 Å². The largest absolute Gasteiger partial charge is 0.495 e. The number of ether oxygens (including phenoxy) is 2.